The lowest BCUT2D eigenvalue weighted by Gasteiger charge is -2.12. The Bertz CT molecular complexity index is 808. The van der Waals surface area contributed by atoms with Gasteiger partial charge in [-0.15, -0.1) is 0 Å². The van der Waals surface area contributed by atoms with Crippen molar-refractivity contribution in [2.45, 2.75) is 6.18 Å². The maximum absolute atomic E-state index is 12.7. The number of hydrogen-bond donors (Lipinski definition) is 1. The lowest BCUT2D eigenvalue weighted by Crippen LogP contribution is -2.05. The van der Waals surface area contributed by atoms with Gasteiger partial charge in [-0.05, 0) is 35.9 Å². The van der Waals surface area contributed by atoms with Crippen molar-refractivity contribution in [3.63, 3.8) is 0 Å². The molecule has 1 N–H and O–H groups in total. The zero-order valence-corrected chi connectivity index (χ0v) is 14.6. The zero-order chi connectivity index (χ0) is 19.2. The van der Waals surface area contributed by atoms with Crippen molar-refractivity contribution < 1.29 is 22.6 Å². The summed E-state index contributed by atoms with van der Waals surface area (Å²) in [6.07, 6.45) is -1.43. The van der Waals surface area contributed by atoms with E-state index in [9.17, 15) is 13.2 Å². The molecule has 2 aromatic carbocycles. The van der Waals surface area contributed by atoms with E-state index in [-0.39, 0.29) is 12.3 Å². The fraction of sp³-hybridized carbons (Fsp3) is 0.167. The van der Waals surface area contributed by atoms with Crippen LogP contribution in [0.3, 0.4) is 0 Å². The quantitative estimate of drug-likeness (QED) is 0.396. The number of anilines is 1. The summed E-state index contributed by atoms with van der Waals surface area (Å²) in [5.74, 6) is 0.775. The first kappa shape index (κ1) is 19.7. The summed E-state index contributed by atoms with van der Waals surface area (Å²) in [6, 6.07) is 7.97. The maximum atomic E-state index is 12.7. The van der Waals surface area contributed by atoms with Gasteiger partial charge in [0.2, 0.25) is 0 Å². The SMILES string of the molecule is C=CCOc1c(Cl)cc(C=NNc2cccc(C(F)(F)F)c2)cc1OC. The predicted octanol–water partition coefficient (Wildman–Crippen LogP) is 5.38. The number of halogens is 4. The lowest BCUT2D eigenvalue weighted by molar-refractivity contribution is -0.137. The third kappa shape index (κ3) is 5.16. The van der Waals surface area contributed by atoms with Crippen LogP contribution in [-0.4, -0.2) is 19.9 Å². The summed E-state index contributed by atoms with van der Waals surface area (Å²) in [5, 5.41) is 4.24. The second-order valence-electron chi connectivity index (χ2n) is 5.08. The van der Waals surface area contributed by atoms with E-state index in [1.165, 1.54) is 25.5 Å². The Balaban J connectivity index is 2.16. The molecule has 0 saturated heterocycles. The van der Waals surface area contributed by atoms with Crippen molar-refractivity contribution in [1.82, 2.24) is 0 Å². The minimum absolute atomic E-state index is 0.208. The summed E-state index contributed by atoms with van der Waals surface area (Å²) >= 11 is 6.17. The second-order valence-corrected chi connectivity index (χ2v) is 5.49. The molecule has 138 valence electrons. The van der Waals surface area contributed by atoms with Gasteiger partial charge in [-0.1, -0.05) is 30.3 Å². The van der Waals surface area contributed by atoms with Gasteiger partial charge in [0.05, 0.1) is 29.6 Å². The molecular weight excluding hydrogens is 369 g/mol. The molecule has 26 heavy (non-hydrogen) atoms. The summed E-state index contributed by atoms with van der Waals surface area (Å²) in [6.45, 7) is 3.82. The molecule has 0 spiro atoms. The predicted molar refractivity (Wildman–Crippen MR) is 96.4 cm³/mol. The fourth-order valence-electron chi connectivity index (χ4n) is 2.04. The second kappa shape index (κ2) is 8.62. The van der Waals surface area contributed by atoms with Gasteiger partial charge in [0, 0.05) is 0 Å². The number of alkyl halides is 3. The molecule has 8 heteroatoms. The minimum Gasteiger partial charge on any atom is -0.493 e. The average molecular weight is 385 g/mol. The highest BCUT2D eigenvalue weighted by molar-refractivity contribution is 6.32. The molecule has 0 atom stereocenters. The number of methoxy groups -OCH3 is 1. The summed E-state index contributed by atoms with van der Waals surface area (Å²) < 4.78 is 48.8. The van der Waals surface area contributed by atoms with Gasteiger partial charge in [0.15, 0.2) is 11.5 Å². The fourth-order valence-corrected chi connectivity index (χ4v) is 2.32. The molecular formula is C18H16ClF3N2O2. The smallest absolute Gasteiger partial charge is 0.416 e. The molecule has 0 heterocycles. The third-order valence-electron chi connectivity index (χ3n) is 3.19. The Hall–Kier alpha value is -2.67. The van der Waals surface area contributed by atoms with Crippen molar-refractivity contribution in [3.05, 3.63) is 65.2 Å². The Labute approximate surface area is 153 Å². The van der Waals surface area contributed by atoms with E-state index in [0.717, 1.165) is 12.1 Å². The number of rotatable bonds is 7. The van der Waals surface area contributed by atoms with E-state index in [1.807, 2.05) is 0 Å². The van der Waals surface area contributed by atoms with Crippen LogP contribution in [0.25, 0.3) is 0 Å². The minimum atomic E-state index is -4.41. The van der Waals surface area contributed by atoms with Gasteiger partial charge in [0.25, 0.3) is 0 Å². The molecule has 0 bridgehead atoms. The highest BCUT2D eigenvalue weighted by atomic mass is 35.5. The normalized spacial score (nSPS) is 11.4. The van der Waals surface area contributed by atoms with Crippen molar-refractivity contribution in [2.24, 2.45) is 5.10 Å². The Morgan fingerprint density at radius 1 is 1.27 bits per heavy atom. The molecule has 0 aromatic heterocycles. The molecule has 0 aliphatic rings. The van der Waals surface area contributed by atoms with Crippen LogP contribution in [0.4, 0.5) is 18.9 Å². The molecule has 4 nitrogen and oxygen atoms in total. The molecule has 0 amide bonds. The summed E-state index contributed by atoms with van der Waals surface area (Å²) in [7, 11) is 1.47. The zero-order valence-electron chi connectivity index (χ0n) is 13.8. The molecule has 0 unspecified atom stereocenters. The van der Waals surface area contributed by atoms with Crippen molar-refractivity contribution in [3.8, 4) is 11.5 Å². The lowest BCUT2D eigenvalue weighted by atomic mass is 10.2. The molecule has 0 saturated carbocycles. The maximum Gasteiger partial charge on any atom is 0.416 e. The van der Waals surface area contributed by atoms with Crippen LogP contribution in [0.1, 0.15) is 11.1 Å². The van der Waals surface area contributed by atoms with E-state index in [1.54, 1.807) is 18.2 Å². The van der Waals surface area contributed by atoms with E-state index < -0.39 is 11.7 Å². The topological polar surface area (TPSA) is 42.8 Å². The van der Waals surface area contributed by atoms with Crippen LogP contribution < -0.4 is 14.9 Å². The van der Waals surface area contributed by atoms with E-state index >= 15 is 0 Å². The summed E-state index contributed by atoms with van der Waals surface area (Å²) in [4.78, 5) is 0. The molecule has 2 aromatic rings. The average Bonchev–Trinajstić information content (AvgIpc) is 2.60. The van der Waals surface area contributed by atoms with Crippen LogP contribution in [0.15, 0.2) is 54.2 Å². The van der Waals surface area contributed by atoms with Crippen molar-refractivity contribution >= 4 is 23.5 Å². The van der Waals surface area contributed by atoms with E-state index in [2.05, 4.69) is 17.1 Å². The van der Waals surface area contributed by atoms with Crippen LogP contribution >= 0.6 is 11.6 Å². The molecule has 2 rings (SSSR count). The standard InChI is InChI=1S/C18H16ClF3N2O2/c1-3-7-26-17-15(19)8-12(9-16(17)25-2)11-23-24-14-6-4-5-13(10-14)18(20,21)22/h3-6,8-11,24H,1,7H2,2H3. The van der Waals surface area contributed by atoms with Gasteiger partial charge >= 0.3 is 6.18 Å². The number of benzene rings is 2. The molecule has 0 fully saturated rings. The number of nitrogens with zero attached hydrogens (tertiary/aromatic N) is 1. The van der Waals surface area contributed by atoms with Crippen LogP contribution in [0.2, 0.25) is 5.02 Å². The first-order valence-electron chi connectivity index (χ1n) is 7.42. The van der Waals surface area contributed by atoms with E-state index in [0.29, 0.717) is 22.1 Å². The van der Waals surface area contributed by atoms with Crippen LogP contribution in [0.5, 0.6) is 11.5 Å². The number of hydrazone groups is 1. The number of hydrogen-bond acceptors (Lipinski definition) is 4. The number of nitrogens with one attached hydrogen (secondary N) is 1. The molecule has 0 aliphatic carbocycles. The van der Waals surface area contributed by atoms with E-state index in [4.69, 9.17) is 21.1 Å². The highest BCUT2D eigenvalue weighted by Crippen LogP contribution is 2.36. The third-order valence-corrected chi connectivity index (χ3v) is 3.48. The van der Waals surface area contributed by atoms with Crippen molar-refractivity contribution in [2.75, 3.05) is 19.1 Å². The van der Waals surface area contributed by atoms with Gasteiger partial charge in [0.1, 0.15) is 6.61 Å². The first-order valence-corrected chi connectivity index (χ1v) is 7.80. The monoisotopic (exact) mass is 384 g/mol. The Morgan fingerprint density at radius 2 is 2.04 bits per heavy atom. The molecule has 0 radical (unpaired) electrons. The van der Waals surface area contributed by atoms with Crippen LogP contribution in [0, 0.1) is 0 Å². The largest absolute Gasteiger partial charge is 0.493 e. The van der Waals surface area contributed by atoms with Gasteiger partial charge in [-0.25, -0.2) is 0 Å². The van der Waals surface area contributed by atoms with Gasteiger partial charge in [-0.3, -0.25) is 5.43 Å². The van der Waals surface area contributed by atoms with Crippen LogP contribution in [-0.2, 0) is 6.18 Å². The Kier molecular flexibility index (Phi) is 6.52. The van der Waals surface area contributed by atoms with Gasteiger partial charge in [-0.2, -0.15) is 18.3 Å². The highest BCUT2D eigenvalue weighted by Gasteiger charge is 2.30. The van der Waals surface area contributed by atoms with Crippen molar-refractivity contribution in [1.29, 1.82) is 0 Å². The summed E-state index contributed by atoms with van der Waals surface area (Å²) in [5.41, 5.74) is 2.58. The molecule has 0 aliphatic heterocycles. The van der Waals surface area contributed by atoms with Gasteiger partial charge < -0.3 is 9.47 Å². The Morgan fingerprint density at radius 3 is 2.69 bits per heavy atom. The number of ether oxygens (including phenoxy) is 2. The first-order chi connectivity index (χ1) is 12.3.